The molecule has 0 fully saturated rings. The highest BCUT2D eigenvalue weighted by atomic mass is 32.1. The lowest BCUT2D eigenvalue weighted by atomic mass is 10.1. The summed E-state index contributed by atoms with van der Waals surface area (Å²) in [5.41, 5.74) is 7.13. The van der Waals surface area contributed by atoms with Crippen molar-refractivity contribution < 1.29 is 9.59 Å². The molecule has 0 saturated carbocycles. The number of primary amides is 1. The maximum absolute atomic E-state index is 13.0. The molecule has 0 aliphatic carbocycles. The highest BCUT2D eigenvalue weighted by molar-refractivity contribution is 7.22. The Kier molecular flexibility index (Phi) is 4.99. The maximum Gasteiger partial charge on any atom is 0.262 e. The van der Waals surface area contributed by atoms with Crippen molar-refractivity contribution in [3.63, 3.8) is 0 Å². The molecule has 9 heteroatoms. The van der Waals surface area contributed by atoms with Crippen LogP contribution in [0.4, 0.5) is 5.00 Å². The van der Waals surface area contributed by atoms with E-state index in [0.717, 1.165) is 16.0 Å². The zero-order valence-corrected chi connectivity index (χ0v) is 17.0. The van der Waals surface area contributed by atoms with E-state index < -0.39 is 11.8 Å². The minimum absolute atomic E-state index is 0.214. The third kappa shape index (κ3) is 3.57. The van der Waals surface area contributed by atoms with Crippen molar-refractivity contribution in [1.29, 1.82) is 0 Å². The second-order valence-corrected chi connectivity index (χ2v) is 8.27. The lowest BCUT2D eigenvalue weighted by Crippen LogP contribution is -2.28. The zero-order valence-electron chi connectivity index (χ0n) is 15.3. The number of carbonyl (C=O) groups is 2. The Morgan fingerprint density at radius 2 is 1.97 bits per heavy atom. The fraction of sp³-hybridized carbons (Fsp3) is 0.100. The molecule has 4 aromatic rings. The molecule has 146 valence electrons. The van der Waals surface area contributed by atoms with E-state index in [9.17, 15) is 14.4 Å². The molecular weight excluding hydrogens is 408 g/mol. The van der Waals surface area contributed by atoms with Crippen molar-refractivity contribution in [2.24, 2.45) is 5.73 Å². The van der Waals surface area contributed by atoms with Crippen molar-refractivity contribution in [2.45, 2.75) is 13.5 Å². The maximum atomic E-state index is 13.0. The first-order valence-electron chi connectivity index (χ1n) is 8.67. The third-order valence-corrected chi connectivity index (χ3v) is 6.53. The highest BCUT2D eigenvalue weighted by Gasteiger charge is 2.18. The van der Waals surface area contributed by atoms with Gasteiger partial charge in [-0.3, -0.25) is 19.0 Å². The molecule has 0 unspecified atom stereocenters. The van der Waals surface area contributed by atoms with E-state index >= 15 is 0 Å². The average molecular weight is 425 g/mol. The van der Waals surface area contributed by atoms with Gasteiger partial charge in [-0.25, -0.2) is 4.98 Å². The molecule has 29 heavy (non-hydrogen) atoms. The second kappa shape index (κ2) is 7.61. The molecule has 0 bridgehead atoms. The van der Waals surface area contributed by atoms with Gasteiger partial charge in [0.2, 0.25) is 5.91 Å². The van der Waals surface area contributed by atoms with Gasteiger partial charge in [0.1, 0.15) is 16.4 Å². The number of nitrogens with one attached hydrogen (secondary N) is 1. The SMILES string of the molecule is Cc1c(-c2ccccc2)sc2ncn(CC(=O)Nc3sccc3C(N)=O)c(=O)c12. The van der Waals surface area contributed by atoms with Gasteiger partial charge in [0.05, 0.1) is 17.3 Å². The lowest BCUT2D eigenvalue weighted by Gasteiger charge is -2.07. The van der Waals surface area contributed by atoms with E-state index in [1.54, 1.807) is 11.4 Å². The Morgan fingerprint density at radius 3 is 2.69 bits per heavy atom. The number of amides is 2. The van der Waals surface area contributed by atoms with Crippen LogP contribution in [0.2, 0.25) is 0 Å². The van der Waals surface area contributed by atoms with Gasteiger partial charge in [0, 0.05) is 4.88 Å². The summed E-state index contributed by atoms with van der Waals surface area (Å²) in [5.74, 6) is -1.06. The van der Waals surface area contributed by atoms with Gasteiger partial charge < -0.3 is 11.1 Å². The van der Waals surface area contributed by atoms with Gasteiger partial charge in [-0.2, -0.15) is 0 Å². The molecule has 0 spiro atoms. The number of aryl methyl sites for hydroxylation is 1. The van der Waals surface area contributed by atoms with E-state index in [1.807, 2.05) is 37.3 Å². The number of thiophene rings is 2. The smallest absolute Gasteiger partial charge is 0.262 e. The summed E-state index contributed by atoms with van der Waals surface area (Å²) >= 11 is 2.65. The Bertz CT molecular complexity index is 1290. The van der Waals surface area contributed by atoms with Crippen LogP contribution in [0, 0.1) is 6.92 Å². The Hall–Kier alpha value is -3.30. The number of nitrogens with zero attached hydrogens (tertiary/aromatic N) is 2. The molecule has 7 nitrogen and oxygen atoms in total. The first-order chi connectivity index (χ1) is 14.0. The normalized spacial score (nSPS) is 10.9. The predicted octanol–water partition coefficient (Wildman–Crippen LogP) is 3.23. The first kappa shape index (κ1) is 19.0. The zero-order chi connectivity index (χ0) is 20.5. The lowest BCUT2D eigenvalue weighted by molar-refractivity contribution is -0.116. The summed E-state index contributed by atoms with van der Waals surface area (Å²) in [6.07, 6.45) is 1.37. The van der Waals surface area contributed by atoms with Crippen LogP contribution in [0.25, 0.3) is 20.7 Å². The van der Waals surface area contributed by atoms with Gasteiger partial charge >= 0.3 is 0 Å². The monoisotopic (exact) mass is 424 g/mol. The molecule has 0 saturated heterocycles. The van der Waals surface area contributed by atoms with E-state index in [-0.39, 0.29) is 17.7 Å². The van der Waals surface area contributed by atoms with Gasteiger partial charge in [0.15, 0.2) is 0 Å². The average Bonchev–Trinajstić information content (AvgIpc) is 3.29. The molecule has 0 atom stereocenters. The summed E-state index contributed by atoms with van der Waals surface area (Å²) < 4.78 is 1.27. The van der Waals surface area contributed by atoms with Gasteiger partial charge in [-0.1, -0.05) is 30.3 Å². The number of aromatic nitrogens is 2. The number of hydrogen-bond acceptors (Lipinski definition) is 6. The molecule has 1 aromatic carbocycles. The Balaban J connectivity index is 1.65. The highest BCUT2D eigenvalue weighted by Crippen LogP contribution is 2.35. The van der Waals surface area contributed by atoms with Crippen molar-refractivity contribution in [3.8, 4) is 10.4 Å². The van der Waals surface area contributed by atoms with Gasteiger partial charge in [-0.15, -0.1) is 22.7 Å². The third-order valence-electron chi connectivity index (χ3n) is 4.45. The topological polar surface area (TPSA) is 107 Å². The number of anilines is 1. The minimum atomic E-state index is -0.621. The molecule has 4 rings (SSSR count). The number of carbonyl (C=O) groups excluding carboxylic acids is 2. The Morgan fingerprint density at radius 1 is 1.21 bits per heavy atom. The van der Waals surface area contributed by atoms with Crippen molar-refractivity contribution in [1.82, 2.24) is 9.55 Å². The molecule has 0 aliphatic heterocycles. The van der Waals surface area contributed by atoms with E-state index in [1.165, 1.54) is 33.6 Å². The van der Waals surface area contributed by atoms with Crippen LogP contribution < -0.4 is 16.6 Å². The molecule has 0 aliphatic rings. The van der Waals surface area contributed by atoms with Crippen LogP contribution in [0.5, 0.6) is 0 Å². The van der Waals surface area contributed by atoms with Crippen LogP contribution >= 0.6 is 22.7 Å². The quantitative estimate of drug-likeness (QED) is 0.513. The predicted molar refractivity (Wildman–Crippen MR) is 116 cm³/mol. The summed E-state index contributed by atoms with van der Waals surface area (Å²) in [6.45, 7) is 1.67. The standard InChI is InChI=1S/C20H16N4O3S2/c1-11-15-19(29-16(11)12-5-3-2-4-6-12)22-10-24(20(15)27)9-14(25)23-18-13(17(21)26)7-8-28-18/h2-8,10H,9H2,1H3,(H2,21,26)(H,23,25). The van der Waals surface area contributed by atoms with Gasteiger partial charge in [0.25, 0.3) is 11.5 Å². The summed E-state index contributed by atoms with van der Waals surface area (Å²) in [7, 11) is 0. The van der Waals surface area contributed by atoms with E-state index in [2.05, 4.69) is 10.3 Å². The summed E-state index contributed by atoms with van der Waals surface area (Å²) in [5, 5.41) is 5.17. The number of fused-ring (bicyclic) bond motifs is 1. The van der Waals surface area contributed by atoms with E-state index in [4.69, 9.17) is 5.73 Å². The fourth-order valence-electron chi connectivity index (χ4n) is 3.06. The van der Waals surface area contributed by atoms with Crippen molar-refractivity contribution in [2.75, 3.05) is 5.32 Å². The molecule has 3 aromatic heterocycles. The first-order valence-corrected chi connectivity index (χ1v) is 10.4. The number of benzene rings is 1. The largest absolute Gasteiger partial charge is 0.366 e. The van der Waals surface area contributed by atoms with E-state index in [0.29, 0.717) is 15.2 Å². The molecule has 3 heterocycles. The van der Waals surface area contributed by atoms with Gasteiger partial charge in [-0.05, 0) is 29.5 Å². The molecule has 3 N–H and O–H groups in total. The Labute approximate surface area is 173 Å². The molecule has 2 amide bonds. The number of hydrogen-bond donors (Lipinski definition) is 2. The second-order valence-electron chi connectivity index (χ2n) is 6.36. The summed E-state index contributed by atoms with van der Waals surface area (Å²) in [4.78, 5) is 42.8. The van der Waals surface area contributed by atoms with Crippen LogP contribution in [0.3, 0.4) is 0 Å². The molecule has 0 radical (unpaired) electrons. The van der Waals surface area contributed by atoms with Crippen LogP contribution in [-0.4, -0.2) is 21.4 Å². The summed E-state index contributed by atoms with van der Waals surface area (Å²) in [6, 6.07) is 11.3. The van der Waals surface area contributed by atoms with Crippen LogP contribution in [0.1, 0.15) is 15.9 Å². The number of nitrogens with two attached hydrogens (primary N) is 1. The van der Waals surface area contributed by atoms with Crippen molar-refractivity contribution in [3.05, 3.63) is 69.6 Å². The van der Waals surface area contributed by atoms with Crippen LogP contribution in [0.15, 0.2) is 52.9 Å². The minimum Gasteiger partial charge on any atom is -0.366 e. The fourth-order valence-corrected chi connectivity index (χ4v) is 5.01. The number of rotatable bonds is 5. The van der Waals surface area contributed by atoms with Crippen LogP contribution in [-0.2, 0) is 11.3 Å². The molecular formula is C20H16N4O3S2. The van der Waals surface area contributed by atoms with Crippen molar-refractivity contribution >= 4 is 49.7 Å².